The second kappa shape index (κ2) is 8.18. The third-order valence-corrected chi connectivity index (χ3v) is 3.41. The summed E-state index contributed by atoms with van der Waals surface area (Å²) in [5, 5.41) is 2.20. The van der Waals surface area contributed by atoms with Gasteiger partial charge in [-0.15, -0.1) is 0 Å². The van der Waals surface area contributed by atoms with Crippen LogP contribution >= 0.6 is 11.6 Å². The quantitative estimate of drug-likeness (QED) is 0.531. The van der Waals surface area contributed by atoms with Gasteiger partial charge in [0.1, 0.15) is 5.75 Å². The number of hydrogen-bond acceptors (Lipinski definition) is 2. The largest absolute Gasteiger partial charge is 0.435 e. The van der Waals surface area contributed by atoms with E-state index in [4.69, 9.17) is 11.6 Å². The van der Waals surface area contributed by atoms with Crippen LogP contribution in [0.1, 0.15) is 11.1 Å². The minimum Gasteiger partial charge on any atom is -0.435 e. The lowest BCUT2D eigenvalue weighted by molar-refractivity contribution is -0.137. The zero-order valence-corrected chi connectivity index (χ0v) is 13.6. The summed E-state index contributed by atoms with van der Waals surface area (Å²) in [6.07, 6.45) is -2.15. The molecule has 0 aromatic heterocycles. The van der Waals surface area contributed by atoms with Crippen molar-refractivity contribution in [2.45, 2.75) is 12.8 Å². The summed E-state index contributed by atoms with van der Waals surface area (Å²) in [5.41, 5.74) is -0.635. The standard InChI is InChI=1S/C17H11ClF5NO2/c18-13-7-4-11(17(21,22)23)9-14(13)24-15(25)8-3-10-1-5-12(6-2-10)26-16(19)20/h1-9,16H,(H,24,25)/b8-3+. The van der Waals surface area contributed by atoms with Crippen LogP contribution in [0, 0.1) is 0 Å². The van der Waals surface area contributed by atoms with E-state index in [1.54, 1.807) is 0 Å². The molecule has 0 saturated carbocycles. The minimum atomic E-state index is -4.57. The number of halogens is 6. The Bertz CT molecular complexity index is 804. The Morgan fingerprint density at radius 1 is 1.12 bits per heavy atom. The van der Waals surface area contributed by atoms with Gasteiger partial charge in [-0.05, 0) is 42.0 Å². The molecule has 0 aliphatic heterocycles. The van der Waals surface area contributed by atoms with Crippen LogP contribution in [0.15, 0.2) is 48.5 Å². The summed E-state index contributed by atoms with van der Waals surface area (Å²) in [5.74, 6) is -0.753. The molecule has 3 nitrogen and oxygen atoms in total. The summed E-state index contributed by atoms with van der Waals surface area (Å²) in [7, 11) is 0. The Labute approximate surface area is 150 Å². The molecule has 0 aliphatic carbocycles. The Balaban J connectivity index is 2.05. The van der Waals surface area contributed by atoms with Crippen molar-refractivity contribution < 1.29 is 31.5 Å². The second-order valence-corrected chi connectivity index (χ2v) is 5.37. The van der Waals surface area contributed by atoms with Crippen molar-refractivity contribution in [1.82, 2.24) is 0 Å². The van der Waals surface area contributed by atoms with Crippen LogP contribution < -0.4 is 10.1 Å². The predicted octanol–water partition coefficient (Wildman–Crippen LogP) is 5.61. The van der Waals surface area contributed by atoms with Gasteiger partial charge >= 0.3 is 12.8 Å². The average Bonchev–Trinajstić information content (AvgIpc) is 2.54. The molecule has 0 fully saturated rings. The van der Waals surface area contributed by atoms with Crippen molar-refractivity contribution >= 4 is 29.3 Å². The van der Waals surface area contributed by atoms with E-state index in [1.807, 2.05) is 0 Å². The highest BCUT2D eigenvalue weighted by Crippen LogP contribution is 2.33. The van der Waals surface area contributed by atoms with Crippen molar-refractivity contribution in [1.29, 1.82) is 0 Å². The molecule has 0 bridgehead atoms. The highest BCUT2D eigenvalue weighted by atomic mass is 35.5. The third-order valence-electron chi connectivity index (χ3n) is 3.08. The number of nitrogens with one attached hydrogen (secondary N) is 1. The van der Waals surface area contributed by atoms with Crippen molar-refractivity contribution in [3.63, 3.8) is 0 Å². The van der Waals surface area contributed by atoms with E-state index >= 15 is 0 Å². The number of ether oxygens (including phenoxy) is 1. The van der Waals surface area contributed by atoms with Crippen LogP contribution in [0.25, 0.3) is 6.08 Å². The first-order valence-electron chi connectivity index (χ1n) is 7.06. The van der Waals surface area contributed by atoms with Gasteiger partial charge in [-0.3, -0.25) is 4.79 Å². The molecule has 9 heteroatoms. The predicted molar refractivity (Wildman–Crippen MR) is 87.2 cm³/mol. The molecule has 0 saturated heterocycles. The summed E-state index contributed by atoms with van der Waals surface area (Å²) < 4.78 is 66.3. The van der Waals surface area contributed by atoms with E-state index in [2.05, 4.69) is 10.1 Å². The average molecular weight is 392 g/mol. The Kier molecular flexibility index (Phi) is 6.20. The molecule has 0 aliphatic rings. The molecule has 2 aromatic rings. The summed E-state index contributed by atoms with van der Waals surface area (Å²) >= 11 is 5.79. The van der Waals surface area contributed by atoms with Crippen LogP contribution in [-0.2, 0) is 11.0 Å². The van der Waals surface area contributed by atoms with E-state index in [0.717, 1.165) is 24.3 Å². The number of rotatable bonds is 5. The highest BCUT2D eigenvalue weighted by molar-refractivity contribution is 6.33. The van der Waals surface area contributed by atoms with Crippen molar-refractivity contribution in [2.75, 3.05) is 5.32 Å². The highest BCUT2D eigenvalue weighted by Gasteiger charge is 2.31. The number of amides is 1. The zero-order chi connectivity index (χ0) is 19.3. The lowest BCUT2D eigenvalue weighted by Gasteiger charge is -2.10. The molecule has 2 rings (SSSR count). The fourth-order valence-corrected chi connectivity index (χ4v) is 2.07. The van der Waals surface area contributed by atoms with Gasteiger partial charge in [0, 0.05) is 6.08 Å². The van der Waals surface area contributed by atoms with Crippen LogP contribution in [0.2, 0.25) is 5.02 Å². The van der Waals surface area contributed by atoms with Gasteiger partial charge in [0.15, 0.2) is 0 Å². The molecule has 0 spiro atoms. The molecular formula is C17H11ClF5NO2. The molecule has 0 heterocycles. The number of hydrogen-bond donors (Lipinski definition) is 1. The van der Waals surface area contributed by atoms with E-state index in [-0.39, 0.29) is 16.5 Å². The topological polar surface area (TPSA) is 38.3 Å². The van der Waals surface area contributed by atoms with Crippen LogP contribution in [0.4, 0.5) is 27.6 Å². The van der Waals surface area contributed by atoms with Gasteiger partial charge in [-0.2, -0.15) is 22.0 Å². The number of benzene rings is 2. The summed E-state index contributed by atoms with van der Waals surface area (Å²) in [4.78, 5) is 11.8. The number of alkyl halides is 5. The van der Waals surface area contributed by atoms with Gasteiger partial charge in [0.2, 0.25) is 5.91 Å². The molecule has 0 atom stereocenters. The summed E-state index contributed by atoms with van der Waals surface area (Å²) in [6.45, 7) is -2.95. The van der Waals surface area contributed by atoms with Crippen molar-refractivity contribution in [3.05, 3.63) is 64.7 Å². The van der Waals surface area contributed by atoms with E-state index in [9.17, 15) is 26.7 Å². The fourth-order valence-electron chi connectivity index (χ4n) is 1.90. The number of carbonyl (C=O) groups excluding carboxylic acids is 1. The van der Waals surface area contributed by atoms with Crippen molar-refractivity contribution in [2.24, 2.45) is 0 Å². The molecule has 26 heavy (non-hydrogen) atoms. The normalized spacial score (nSPS) is 11.8. The van der Waals surface area contributed by atoms with E-state index in [1.165, 1.54) is 30.3 Å². The summed E-state index contributed by atoms with van der Waals surface area (Å²) in [6, 6.07) is 7.99. The number of anilines is 1. The molecule has 138 valence electrons. The third kappa shape index (κ3) is 5.73. The molecule has 0 unspecified atom stereocenters. The second-order valence-electron chi connectivity index (χ2n) is 4.96. The fraction of sp³-hybridized carbons (Fsp3) is 0.118. The Morgan fingerprint density at radius 2 is 1.77 bits per heavy atom. The van der Waals surface area contributed by atoms with E-state index < -0.39 is 24.3 Å². The first-order chi connectivity index (χ1) is 12.1. The first kappa shape index (κ1) is 19.7. The van der Waals surface area contributed by atoms with Crippen LogP contribution in [-0.4, -0.2) is 12.5 Å². The van der Waals surface area contributed by atoms with Gasteiger partial charge < -0.3 is 10.1 Å². The lowest BCUT2D eigenvalue weighted by atomic mass is 10.2. The molecular weight excluding hydrogens is 381 g/mol. The van der Waals surface area contributed by atoms with Gasteiger partial charge in [0.05, 0.1) is 16.3 Å². The smallest absolute Gasteiger partial charge is 0.416 e. The van der Waals surface area contributed by atoms with Gasteiger partial charge in [-0.1, -0.05) is 23.7 Å². The molecule has 2 aromatic carbocycles. The molecule has 1 N–H and O–H groups in total. The van der Waals surface area contributed by atoms with Gasteiger partial charge in [-0.25, -0.2) is 0 Å². The Hall–Kier alpha value is -2.61. The Morgan fingerprint density at radius 3 is 2.35 bits per heavy atom. The van der Waals surface area contributed by atoms with Crippen molar-refractivity contribution in [3.8, 4) is 5.75 Å². The first-order valence-corrected chi connectivity index (χ1v) is 7.43. The monoisotopic (exact) mass is 391 g/mol. The number of carbonyl (C=O) groups is 1. The minimum absolute atomic E-state index is 0.0441. The maximum absolute atomic E-state index is 12.7. The van der Waals surface area contributed by atoms with Gasteiger partial charge in [0.25, 0.3) is 0 Å². The maximum Gasteiger partial charge on any atom is 0.416 e. The van der Waals surface area contributed by atoms with Crippen LogP contribution in [0.5, 0.6) is 5.75 Å². The van der Waals surface area contributed by atoms with Crippen LogP contribution in [0.3, 0.4) is 0 Å². The lowest BCUT2D eigenvalue weighted by Crippen LogP contribution is -2.11. The maximum atomic E-state index is 12.7. The molecule has 0 radical (unpaired) electrons. The molecule has 1 amide bonds. The SMILES string of the molecule is O=C(/C=C/c1ccc(OC(F)F)cc1)Nc1cc(C(F)(F)F)ccc1Cl. The zero-order valence-electron chi connectivity index (χ0n) is 12.9. The van der Waals surface area contributed by atoms with E-state index in [0.29, 0.717) is 5.56 Å².